The van der Waals surface area contributed by atoms with Crippen LogP contribution in [-0.4, -0.2) is 33.8 Å². The lowest BCUT2D eigenvalue weighted by atomic mass is 10.1. The molecule has 0 radical (unpaired) electrons. The van der Waals surface area contributed by atoms with Crippen LogP contribution in [0.4, 0.5) is 5.69 Å². The lowest BCUT2D eigenvalue weighted by Crippen LogP contribution is -2.15. The van der Waals surface area contributed by atoms with Gasteiger partial charge >= 0.3 is 0 Å². The van der Waals surface area contributed by atoms with Crippen LogP contribution in [0.2, 0.25) is 0 Å². The smallest absolute Gasteiger partial charge is 0.260 e. The van der Waals surface area contributed by atoms with E-state index in [4.69, 9.17) is 4.74 Å². The van der Waals surface area contributed by atoms with Crippen molar-refractivity contribution in [3.63, 3.8) is 0 Å². The number of aromatic hydroxyl groups is 1. The summed E-state index contributed by atoms with van der Waals surface area (Å²) in [6.07, 6.45) is 0. The van der Waals surface area contributed by atoms with Crippen molar-refractivity contribution in [2.24, 2.45) is 0 Å². The maximum atomic E-state index is 12.8. The summed E-state index contributed by atoms with van der Waals surface area (Å²) in [6.45, 7) is 1.87. The molecule has 0 aliphatic carbocycles. The second-order valence-corrected chi connectivity index (χ2v) is 8.61. The van der Waals surface area contributed by atoms with Crippen molar-refractivity contribution in [3.8, 4) is 22.6 Å². The minimum Gasteiger partial charge on any atom is -0.506 e. The van der Waals surface area contributed by atoms with E-state index in [0.717, 1.165) is 28.5 Å². The molecule has 31 heavy (non-hydrogen) atoms. The van der Waals surface area contributed by atoms with Crippen LogP contribution in [0.1, 0.15) is 5.56 Å². The first-order valence-corrected chi connectivity index (χ1v) is 11.2. The van der Waals surface area contributed by atoms with Gasteiger partial charge in [0, 0.05) is 10.9 Å². The molecule has 9 heteroatoms. The number of aryl methyl sites for hydroxylation is 1. The molecule has 0 saturated carbocycles. The number of H-pyrrole nitrogens is 1. The first-order chi connectivity index (χ1) is 14.9. The number of anilines is 1. The fourth-order valence-corrected chi connectivity index (χ4v) is 4.74. The van der Waals surface area contributed by atoms with Crippen LogP contribution in [0, 0.1) is 6.92 Å². The Bertz CT molecular complexity index is 1330. The molecule has 0 aliphatic rings. The van der Waals surface area contributed by atoms with Crippen LogP contribution in [0.15, 0.2) is 57.8 Å². The highest BCUT2D eigenvalue weighted by atomic mass is 32.2. The number of hydrogen-bond donors (Lipinski definition) is 3. The Labute approximate surface area is 186 Å². The number of ether oxygens (including phenoxy) is 1. The topological polar surface area (TPSA) is 104 Å². The number of thiophene rings is 1. The van der Waals surface area contributed by atoms with E-state index in [0.29, 0.717) is 26.8 Å². The molecule has 0 fully saturated rings. The number of nitrogens with one attached hydrogen (secondary N) is 2. The third kappa shape index (κ3) is 4.57. The molecule has 0 unspecified atom stereocenters. The summed E-state index contributed by atoms with van der Waals surface area (Å²) in [5, 5.41) is 15.3. The van der Waals surface area contributed by atoms with Gasteiger partial charge in [-0.2, -0.15) is 0 Å². The van der Waals surface area contributed by atoms with Crippen LogP contribution < -0.4 is 15.6 Å². The molecule has 2 heterocycles. The van der Waals surface area contributed by atoms with Gasteiger partial charge in [0.1, 0.15) is 16.3 Å². The number of hydrogen-bond acceptors (Lipinski definition) is 7. The van der Waals surface area contributed by atoms with Gasteiger partial charge in [0.2, 0.25) is 5.91 Å². The predicted molar refractivity (Wildman–Crippen MR) is 124 cm³/mol. The zero-order valence-electron chi connectivity index (χ0n) is 16.8. The second kappa shape index (κ2) is 8.83. The van der Waals surface area contributed by atoms with Crippen molar-refractivity contribution in [1.29, 1.82) is 0 Å². The lowest BCUT2D eigenvalue weighted by Gasteiger charge is -2.08. The van der Waals surface area contributed by atoms with Crippen LogP contribution in [0.3, 0.4) is 0 Å². The van der Waals surface area contributed by atoms with Crippen molar-refractivity contribution in [2.75, 3.05) is 18.2 Å². The highest BCUT2D eigenvalue weighted by molar-refractivity contribution is 7.99. The standard InChI is InChI=1S/C22H19N3O4S2/c1-12-6-7-17(26)16(8-12)23-18(27)11-31-22-24-20(28)19-15(10-30-21(19)25-22)13-4-3-5-14(9-13)29-2/h3-10,26H,11H2,1-2H3,(H,23,27)(H,24,25,28). The Morgan fingerprint density at radius 2 is 2.13 bits per heavy atom. The molecule has 0 atom stereocenters. The molecule has 0 bridgehead atoms. The molecule has 3 N–H and O–H groups in total. The molecule has 0 aliphatic heterocycles. The summed E-state index contributed by atoms with van der Waals surface area (Å²) in [5.74, 6) is 0.437. The van der Waals surface area contributed by atoms with Crippen molar-refractivity contribution < 1.29 is 14.6 Å². The van der Waals surface area contributed by atoms with Gasteiger partial charge in [-0.15, -0.1) is 11.3 Å². The zero-order valence-corrected chi connectivity index (χ0v) is 18.4. The number of phenolic OH excluding ortho intramolecular Hbond substituents is 1. The minimum atomic E-state index is -0.308. The maximum Gasteiger partial charge on any atom is 0.260 e. The van der Waals surface area contributed by atoms with E-state index in [9.17, 15) is 14.7 Å². The average Bonchev–Trinajstić information content (AvgIpc) is 3.19. The Hall–Kier alpha value is -3.30. The first kappa shape index (κ1) is 21.0. The summed E-state index contributed by atoms with van der Waals surface area (Å²) in [7, 11) is 1.60. The fraction of sp³-hybridized carbons (Fsp3) is 0.136. The number of carbonyl (C=O) groups excluding carboxylic acids is 1. The fourth-order valence-electron chi connectivity index (χ4n) is 3.07. The monoisotopic (exact) mass is 453 g/mol. The summed E-state index contributed by atoms with van der Waals surface area (Å²) in [5.41, 5.74) is 2.67. The van der Waals surface area contributed by atoms with Crippen molar-refractivity contribution in [2.45, 2.75) is 12.1 Å². The van der Waals surface area contributed by atoms with Gasteiger partial charge in [0.15, 0.2) is 5.16 Å². The highest BCUT2D eigenvalue weighted by Crippen LogP contribution is 2.33. The molecular formula is C22H19N3O4S2. The molecule has 7 nitrogen and oxygen atoms in total. The lowest BCUT2D eigenvalue weighted by molar-refractivity contribution is -0.113. The number of aromatic nitrogens is 2. The third-order valence-electron chi connectivity index (χ3n) is 4.57. The van der Waals surface area contributed by atoms with E-state index in [1.807, 2.05) is 36.6 Å². The summed E-state index contributed by atoms with van der Waals surface area (Å²) >= 11 is 2.50. The molecule has 4 rings (SSSR count). The average molecular weight is 454 g/mol. The van der Waals surface area contributed by atoms with Gasteiger partial charge in [-0.3, -0.25) is 9.59 Å². The van der Waals surface area contributed by atoms with E-state index >= 15 is 0 Å². The molecule has 0 saturated heterocycles. The number of phenols is 1. The number of nitrogens with zero attached hydrogens (tertiary/aromatic N) is 1. The number of amides is 1. The third-order valence-corrected chi connectivity index (χ3v) is 6.31. The molecule has 2 aromatic heterocycles. The predicted octanol–water partition coefficient (Wildman–Crippen LogP) is 4.41. The van der Waals surface area contributed by atoms with Crippen LogP contribution in [0.25, 0.3) is 21.3 Å². The quantitative estimate of drug-likeness (QED) is 0.227. The summed E-state index contributed by atoms with van der Waals surface area (Å²) < 4.78 is 5.27. The van der Waals surface area contributed by atoms with Gasteiger partial charge < -0.3 is 20.1 Å². The Kier molecular flexibility index (Phi) is 5.97. The van der Waals surface area contributed by atoms with Crippen LogP contribution in [0.5, 0.6) is 11.5 Å². The number of methoxy groups -OCH3 is 1. The number of rotatable bonds is 6. The molecule has 4 aromatic rings. The Morgan fingerprint density at radius 1 is 1.29 bits per heavy atom. The van der Waals surface area contributed by atoms with E-state index < -0.39 is 0 Å². The SMILES string of the molecule is COc1cccc(-c2csc3nc(SCC(=O)Nc4cc(C)ccc4O)[nH]c(=O)c23)c1. The van der Waals surface area contributed by atoms with E-state index in [1.165, 1.54) is 17.4 Å². The maximum absolute atomic E-state index is 12.8. The minimum absolute atomic E-state index is 0.000518. The summed E-state index contributed by atoms with van der Waals surface area (Å²) in [6, 6.07) is 12.5. The van der Waals surface area contributed by atoms with Crippen molar-refractivity contribution >= 4 is 44.9 Å². The number of thioether (sulfide) groups is 1. The van der Waals surface area contributed by atoms with E-state index in [-0.39, 0.29) is 23.0 Å². The Balaban J connectivity index is 1.52. The highest BCUT2D eigenvalue weighted by Gasteiger charge is 2.15. The number of fused-ring (bicyclic) bond motifs is 1. The Morgan fingerprint density at radius 3 is 2.94 bits per heavy atom. The molecule has 158 valence electrons. The van der Waals surface area contributed by atoms with E-state index in [2.05, 4.69) is 15.3 Å². The number of carbonyl (C=O) groups is 1. The van der Waals surface area contributed by atoms with E-state index in [1.54, 1.807) is 19.2 Å². The van der Waals surface area contributed by atoms with Gasteiger partial charge in [-0.25, -0.2) is 4.98 Å². The molecule has 2 aromatic carbocycles. The zero-order chi connectivity index (χ0) is 22.0. The molecule has 0 spiro atoms. The van der Waals surface area contributed by atoms with Gasteiger partial charge in [-0.1, -0.05) is 30.0 Å². The van der Waals surface area contributed by atoms with Crippen LogP contribution in [-0.2, 0) is 4.79 Å². The summed E-state index contributed by atoms with van der Waals surface area (Å²) in [4.78, 5) is 32.9. The molecule has 1 amide bonds. The second-order valence-electron chi connectivity index (χ2n) is 6.79. The first-order valence-electron chi connectivity index (χ1n) is 9.33. The largest absolute Gasteiger partial charge is 0.506 e. The van der Waals surface area contributed by atoms with Crippen molar-refractivity contribution in [3.05, 3.63) is 63.8 Å². The molecular weight excluding hydrogens is 434 g/mol. The number of benzene rings is 2. The van der Waals surface area contributed by atoms with Gasteiger partial charge in [0.05, 0.1) is 23.9 Å². The normalized spacial score (nSPS) is 10.9. The van der Waals surface area contributed by atoms with Crippen molar-refractivity contribution in [1.82, 2.24) is 9.97 Å². The van der Waals surface area contributed by atoms with Gasteiger partial charge in [-0.05, 0) is 42.3 Å². The number of aromatic amines is 1. The van der Waals surface area contributed by atoms with Crippen LogP contribution >= 0.6 is 23.1 Å². The van der Waals surface area contributed by atoms with Gasteiger partial charge in [0.25, 0.3) is 5.56 Å².